The highest BCUT2D eigenvalue weighted by Crippen LogP contribution is 2.18. The maximum atomic E-state index is 10.6. The van der Waals surface area contributed by atoms with Crippen LogP contribution in [0.4, 0.5) is 4.79 Å². The zero-order valence-electron chi connectivity index (χ0n) is 9.85. The number of rotatable bonds is 7. The first-order valence-corrected chi connectivity index (χ1v) is 6.53. The van der Waals surface area contributed by atoms with Crippen molar-refractivity contribution in [3.05, 3.63) is 30.3 Å². The summed E-state index contributed by atoms with van der Waals surface area (Å²) >= 11 is 1.67. The molecule has 1 unspecified atom stereocenters. The predicted octanol–water partition coefficient (Wildman–Crippen LogP) is 2.02. The van der Waals surface area contributed by atoms with E-state index in [1.165, 1.54) is 0 Å². The molecule has 0 saturated heterocycles. The molecule has 1 atom stereocenters. The second-order valence-corrected chi connectivity index (χ2v) is 4.76. The molecule has 0 heterocycles. The maximum absolute atomic E-state index is 10.6. The monoisotopic (exact) mass is 254 g/mol. The van der Waals surface area contributed by atoms with E-state index >= 15 is 0 Å². The lowest BCUT2D eigenvalue weighted by molar-refractivity contribution is 0.190. The number of benzene rings is 1. The highest BCUT2D eigenvalue weighted by molar-refractivity contribution is 7.99. The molecule has 3 N–H and O–H groups in total. The van der Waals surface area contributed by atoms with E-state index in [1.54, 1.807) is 11.8 Å². The van der Waals surface area contributed by atoms with E-state index in [-0.39, 0.29) is 6.04 Å². The van der Waals surface area contributed by atoms with E-state index in [0.717, 1.165) is 23.6 Å². The fraction of sp³-hybridized carbons (Fsp3) is 0.417. The molecule has 94 valence electrons. The van der Waals surface area contributed by atoms with Crippen LogP contribution >= 0.6 is 11.8 Å². The van der Waals surface area contributed by atoms with Crippen molar-refractivity contribution in [2.75, 3.05) is 19.3 Å². The lowest BCUT2D eigenvalue weighted by atomic mass is 10.2. The smallest absolute Gasteiger partial charge is 0.404 e. The summed E-state index contributed by atoms with van der Waals surface area (Å²) in [6.45, 7) is 0.806. The van der Waals surface area contributed by atoms with Crippen molar-refractivity contribution >= 4 is 17.9 Å². The van der Waals surface area contributed by atoms with Gasteiger partial charge in [0.25, 0.3) is 0 Å². The fourth-order valence-electron chi connectivity index (χ4n) is 1.40. The van der Waals surface area contributed by atoms with E-state index in [0.29, 0.717) is 0 Å². The summed E-state index contributed by atoms with van der Waals surface area (Å²) in [7, 11) is 1.86. The molecule has 4 nitrogen and oxygen atoms in total. The molecule has 0 spiro atoms. The van der Waals surface area contributed by atoms with E-state index in [1.807, 2.05) is 37.4 Å². The second-order valence-electron chi connectivity index (χ2n) is 3.66. The molecule has 0 aliphatic carbocycles. The van der Waals surface area contributed by atoms with Crippen molar-refractivity contribution in [2.45, 2.75) is 17.4 Å². The third-order valence-electron chi connectivity index (χ3n) is 2.26. The molecule has 0 saturated carbocycles. The van der Waals surface area contributed by atoms with Gasteiger partial charge in [-0.1, -0.05) is 18.2 Å². The van der Waals surface area contributed by atoms with Crippen LogP contribution in [0.5, 0.6) is 0 Å². The van der Waals surface area contributed by atoms with E-state index in [2.05, 4.69) is 10.6 Å². The first-order valence-electron chi connectivity index (χ1n) is 5.54. The highest BCUT2D eigenvalue weighted by atomic mass is 32.2. The Hall–Kier alpha value is -1.20. The van der Waals surface area contributed by atoms with Gasteiger partial charge in [-0.2, -0.15) is 0 Å². The zero-order valence-corrected chi connectivity index (χ0v) is 10.7. The minimum Gasteiger partial charge on any atom is -0.465 e. The third-order valence-corrected chi connectivity index (χ3v) is 3.44. The minimum absolute atomic E-state index is 0.0230. The average molecular weight is 254 g/mol. The van der Waals surface area contributed by atoms with Gasteiger partial charge in [0, 0.05) is 16.7 Å². The molecule has 0 aromatic heterocycles. The van der Waals surface area contributed by atoms with E-state index in [9.17, 15) is 4.79 Å². The summed E-state index contributed by atoms with van der Waals surface area (Å²) in [5.74, 6) is 0.748. The Kier molecular flexibility index (Phi) is 6.50. The molecule has 0 fully saturated rings. The van der Waals surface area contributed by atoms with Crippen LogP contribution in [0, 0.1) is 0 Å². The van der Waals surface area contributed by atoms with Gasteiger partial charge in [-0.05, 0) is 32.1 Å². The summed E-state index contributed by atoms with van der Waals surface area (Å²) in [6.07, 6.45) is -0.164. The van der Waals surface area contributed by atoms with Crippen LogP contribution in [0.15, 0.2) is 35.2 Å². The minimum atomic E-state index is -0.959. The molecular weight excluding hydrogens is 236 g/mol. The molecule has 0 radical (unpaired) electrons. The van der Waals surface area contributed by atoms with E-state index in [4.69, 9.17) is 5.11 Å². The molecule has 5 heteroatoms. The Morgan fingerprint density at radius 2 is 2.12 bits per heavy atom. The number of thioether (sulfide) groups is 1. The summed E-state index contributed by atoms with van der Waals surface area (Å²) in [6, 6.07) is 9.97. The molecule has 17 heavy (non-hydrogen) atoms. The number of hydrogen-bond donors (Lipinski definition) is 3. The summed E-state index contributed by atoms with van der Waals surface area (Å²) in [4.78, 5) is 11.8. The van der Waals surface area contributed by atoms with Crippen LogP contribution in [-0.4, -0.2) is 36.6 Å². The predicted molar refractivity (Wildman–Crippen MR) is 70.7 cm³/mol. The molecule has 0 bridgehead atoms. The van der Waals surface area contributed by atoms with Gasteiger partial charge < -0.3 is 15.7 Å². The topological polar surface area (TPSA) is 61.4 Å². The first kappa shape index (κ1) is 13.9. The van der Waals surface area contributed by atoms with Crippen molar-refractivity contribution in [3.63, 3.8) is 0 Å². The Labute approximate surface area is 106 Å². The lowest BCUT2D eigenvalue weighted by Gasteiger charge is -2.16. The van der Waals surface area contributed by atoms with Gasteiger partial charge in [0.2, 0.25) is 0 Å². The maximum Gasteiger partial charge on any atom is 0.404 e. The van der Waals surface area contributed by atoms with Crippen LogP contribution < -0.4 is 10.6 Å². The zero-order chi connectivity index (χ0) is 12.5. The number of carbonyl (C=O) groups is 1. The highest BCUT2D eigenvalue weighted by Gasteiger charge is 2.11. The van der Waals surface area contributed by atoms with Crippen LogP contribution in [0.3, 0.4) is 0 Å². The Morgan fingerprint density at radius 1 is 1.41 bits per heavy atom. The Balaban J connectivity index is 2.40. The quantitative estimate of drug-likeness (QED) is 0.652. The third kappa shape index (κ3) is 6.19. The first-order chi connectivity index (χ1) is 8.22. The van der Waals surface area contributed by atoms with Gasteiger partial charge in [-0.25, -0.2) is 4.79 Å². The Bertz CT molecular complexity index is 333. The van der Waals surface area contributed by atoms with Gasteiger partial charge in [0.15, 0.2) is 0 Å². The van der Waals surface area contributed by atoms with Gasteiger partial charge in [0.1, 0.15) is 0 Å². The summed E-state index contributed by atoms with van der Waals surface area (Å²) in [5.41, 5.74) is 0. The summed E-state index contributed by atoms with van der Waals surface area (Å²) in [5, 5.41) is 14.3. The largest absolute Gasteiger partial charge is 0.465 e. The van der Waals surface area contributed by atoms with Crippen molar-refractivity contribution in [2.24, 2.45) is 0 Å². The van der Waals surface area contributed by atoms with Crippen LogP contribution in [-0.2, 0) is 0 Å². The number of nitrogens with one attached hydrogen (secondary N) is 2. The molecule has 1 rings (SSSR count). The van der Waals surface area contributed by atoms with Crippen LogP contribution in [0.25, 0.3) is 0 Å². The van der Waals surface area contributed by atoms with Crippen LogP contribution in [0.2, 0.25) is 0 Å². The van der Waals surface area contributed by atoms with Gasteiger partial charge in [-0.3, -0.25) is 0 Å². The fourth-order valence-corrected chi connectivity index (χ4v) is 2.40. The number of amides is 1. The van der Waals surface area contributed by atoms with E-state index < -0.39 is 6.09 Å². The molecule has 1 amide bonds. The van der Waals surface area contributed by atoms with Crippen molar-refractivity contribution in [1.29, 1.82) is 0 Å². The number of hydrogen-bond acceptors (Lipinski definition) is 3. The van der Waals surface area contributed by atoms with Crippen molar-refractivity contribution in [1.82, 2.24) is 10.6 Å². The summed E-state index contributed by atoms with van der Waals surface area (Å²) < 4.78 is 0. The van der Waals surface area contributed by atoms with Gasteiger partial charge in [0.05, 0.1) is 0 Å². The van der Waals surface area contributed by atoms with Gasteiger partial charge >= 0.3 is 6.09 Å². The molecule has 1 aromatic rings. The normalized spacial score (nSPS) is 12.1. The van der Waals surface area contributed by atoms with Crippen molar-refractivity contribution in [3.8, 4) is 0 Å². The SMILES string of the molecule is CNCCC(CSc1ccccc1)NC(=O)O. The average Bonchev–Trinajstić information content (AvgIpc) is 2.33. The van der Waals surface area contributed by atoms with Crippen LogP contribution in [0.1, 0.15) is 6.42 Å². The van der Waals surface area contributed by atoms with Gasteiger partial charge in [-0.15, -0.1) is 11.8 Å². The molecule has 0 aliphatic rings. The second kappa shape index (κ2) is 7.97. The number of carboxylic acid groups (broad SMARTS) is 1. The lowest BCUT2D eigenvalue weighted by Crippen LogP contribution is -2.37. The molecule has 0 aliphatic heterocycles. The molecule has 1 aromatic carbocycles. The van der Waals surface area contributed by atoms with Crippen molar-refractivity contribution < 1.29 is 9.90 Å². The standard InChI is InChI=1S/C12H18N2O2S/c1-13-8-7-10(14-12(15)16)9-17-11-5-3-2-4-6-11/h2-6,10,13-14H,7-9H2,1H3,(H,15,16). The Morgan fingerprint density at radius 3 is 2.71 bits per heavy atom. The molecular formula is C12H18N2O2S.